The zero-order valence-electron chi connectivity index (χ0n) is 22.5. The molecule has 7 aromatic rings. The average molecular weight is 512 g/mol. The molecule has 0 aliphatic heterocycles. The van der Waals surface area contributed by atoms with Crippen molar-refractivity contribution in [3.8, 4) is 22.3 Å². The zero-order valence-corrected chi connectivity index (χ0v) is 22.5. The van der Waals surface area contributed by atoms with Crippen LogP contribution in [0.3, 0.4) is 0 Å². The van der Waals surface area contributed by atoms with Crippen molar-refractivity contribution >= 4 is 38.6 Å². The van der Waals surface area contributed by atoms with Crippen molar-refractivity contribution in [2.45, 2.75) is 6.92 Å². The predicted molar refractivity (Wildman–Crippen MR) is 172 cm³/mol. The predicted octanol–water partition coefficient (Wildman–Crippen LogP) is 11.1. The number of rotatable bonds is 5. The molecule has 1 heteroatoms. The number of hydrogen-bond acceptors (Lipinski definition) is 1. The first-order chi connectivity index (χ1) is 19.8. The minimum atomic E-state index is 1.13. The fraction of sp³-hybridized carbons (Fsp3) is 0.0256. The highest BCUT2D eigenvalue weighted by atomic mass is 15.1. The topological polar surface area (TPSA) is 3.24 Å². The van der Waals surface area contributed by atoms with Crippen LogP contribution in [0.4, 0.5) is 17.1 Å². The van der Waals surface area contributed by atoms with Crippen LogP contribution in [0.5, 0.6) is 0 Å². The molecule has 1 nitrogen and oxygen atoms in total. The fourth-order valence-electron chi connectivity index (χ4n) is 5.78. The summed E-state index contributed by atoms with van der Waals surface area (Å²) < 4.78 is 0. The van der Waals surface area contributed by atoms with E-state index in [1.165, 1.54) is 55.0 Å². The Hall–Kier alpha value is -5.14. The molecule has 0 aliphatic rings. The second kappa shape index (κ2) is 10.2. The minimum Gasteiger partial charge on any atom is -0.310 e. The van der Waals surface area contributed by atoms with Crippen LogP contribution in [0.1, 0.15) is 5.56 Å². The van der Waals surface area contributed by atoms with Gasteiger partial charge in [0.15, 0.2) is 0 Å². The van der Waals surface area contributed by atoms with E-state index in [-0.39, 0.29) is 0 Å². The first-order valence-electron chi connectivity index (χ1n) is 13.8. The number of fused-ring (bicyclic) bond motifs is 3. The monoisotopic (exact) mass is 511 g/mol. The molecule has 0 amide bonds. The highest BCUT2D eigenvalue weighted by Gasteiger charge is 2.17. The first kappa shape index (κ1) is 23.9. The van der Waals surface area contributed by atoms with E-state index in [0.717, 1.165) is 11.4 Å². The summed E-state index contributed by atoms with van der Waals surface area (Å²) in [5.74, 6) is 0. The SMILES string of the molecule is Cc1ccc(N(c2ccc(-c3ccccc3)cc2)c2ccc(-c3ccccc3)cc2)c2ccc3ccccc3c12. The van der Waals surface area contributed by atoms with Gasteiger partial charge in [0.2, 0.25) is 0 Å². The summed E-state index contributed by atoms with van der Waals surface area (Å²) in [5.41, 5.74) is 9.59. The molecular formula is C39H29N. The summed E-state index contributed by atoms with van der Waals surface area (Å²) in [5, 5.41) is 5.11. The van der Waals surface area contributed by atoms with Crippen LogP contribution in [0, 0.1) is 6.92 Å². The third-order valence-corrected chi connectivity index (χ3v) is 7.80. The van der Waals surface area contributed by atoms with Gasteiger partial charge in [0, 0.05) is 16.8 Å². The largest absolute Gasteiger partial charge is 0.310 e. The first-order valence-corrected chi connectivity index (χ1v) is 13.8. The van der Waals surface area contributed by atoms with E-state index in [0.29, 0.717) is 0 Å². The van der Waals surface area contributed by atoms with E-state index >= 15 is 0 Å². The summed E-state index contributed by atoms with van der Waals surface area (Å²) >= 11 is 0. The molecule has 0 saturated carbocycles. The molecule has 0 aliphatic carbocycles. The van der Waals surface area contributed by atoms with Gasteiger partial charge in [-0.3, -0.25) is 0 Å². The van der Waals surface area contributed by atoms with Gasteiger partial charge in [0.25, 0.3) is 0 Å². The van der Waals surface area contributed by atoms with Crippen LogP contribution in [-0.4, -0.2) is 0 Å². The molecular weight excluding hydrogens is 482 g/mol. The lowest BCUT2D eigenvalue weighted by Crippen LogP contribution is -2.10. The molecule has 0 spiro atoms. The van der Waals surface area contributed by atoms with Crippen molar-refractivity contribution in [3.05, 3.63) is 163 Å². The Labute approximate surface area is 235 Å². The van der Waals surface area contributed by atoms with Gasteiger partial charge in [-0.05, 0) is 81.2 Å². The van der Waals surface area contributed by atoms with E-state index in [9.17, 15) is 0 Å². The molecule has 0 heterocycles. The van der Waals surface area contributed by atoms with Crippen molar-refractivity contribution in [2.75, 3.05) is 4.90 Å². The number of aryl methyl sites for hydroxylation is 1. The summed E-state index contributed by atoms with van der Waals surface area (Å²) in [4.78, 5) is 2.39. The van der Waals surface area contributed by atoms with Gasteiger partial charge in [-0.25, -0.2) is 0 Å². The fourth-order valence-corrected chi connectivity index (χ4v) is 5.78. The number of benzene rings is 7. The third kappa shape index (κ3) is 4.32. The standard InChI is InChI=1S/C39H29N/c1-28-16-27-38(37-26-21-33-14-8-9-15-36(33)39(28)37)40(34-22-17-31(18-23-34)29-10-4-2-5-11-29)35-24-19-32(20-25-35)30-12-6-3-7-13-30/h2-27H,1H3. The molecule has 0 radical (unpaired) electrons. The maximum absolute atomic E-state index is 2.39. The van der Waals surface area contributed by atoms with Gasteiger partial charge in [0.1, 0.15) is 0 Å². The molecule has 0 unspecified atom stereocenters. The normalized spacial score (nSPS) is 11.1. The van der Waals surface area contributed by atoms with Gasteiger partial charge in [-0.2, -0.15) is 0 Å². The van der Waals surface area contributed by atoms with Crippen LogP contribution < -0.4 is 4.90 Å². The highest BCUT2D eigenvalue weighted by Crippen LogP contribution is 2.42. The smallest absolute Gasteiger partial charge is 0.0540 e. The number of hydrogen-bond donors (Lipinski definition) is 0. The Kier molecular flexibility index (Phi) is 6.11. The quantitative estimate of drug-likeness (QED) is 0.208. The lowest BCUT2D eigenvalue weighted by atomic mass is 9.96. The Morgan fingerprint density at radius 2 is 0.875 bits per heavy atom. The Bertz CT molecular complexity index is 1840. The van der Waals surface area contributed by atoms with Crippen molar-refractivity contribution in [3.63, 3.8) is 0 Å². The van der Waals surface area contributed by atoms with Crippen LogP contribution in [0.25, 0.3) is 43.8 Å². The molecule has 0 atom stereocenters. The Balaban J connectivity index is 1.41. The van der Waals surface area contributed by atoms with Crippen LogP contribution in [0.2, 0.25) is 0 Å². The van der Waals surface area contributed by atoms with E-state index in [1.54, 1.807) is 0 Å². The summed E-state index contributed by atoms with van der Waals surface area (Å²) in [6.45, 7) is 2.21. The second-order valence-electron chi connectivity index (χ2n) is 10.3. The number of anilines is 3. The van der Waals surface area contributed by atoms with Crippen molar-refractivity contribution in [1.29, 1.82) is 0 Å². The van der Waals surface area contributed by atoms with Crippen LogP contribution in [-0.2, 0) is 0 Å². The van der Waals surface area contributed by atoms with E-state index in [2.05, 4.69) is 170 Å². The minimum absolute atomic E-state index is 1.13. The summed E-state index contributed by atoms with van der Waals surface area (Å²) in [7, 11) is 0. The Morgan fingerprint density at radius 1 is 0.375 bits per heavy atom. The van der Waals surface area contributed by atoms with Crippen molar-refractivity contribution in [2.24, 2.45) is 0 Å². The lowest BCUT2D eigenvalue weighted by Gasteiger charge is -2.28. The lowest BCUT2D eigenvalue weighted by molar-refractivity contribution is 1.29. The molecule has 0 aromatic heterocycles. The Morgan fingerprint density at radius 3 is 1.45 bits per heavy atom. The van der Waals surface area contributed by atoms with Gasteiger partial charge in [-0.15, -0.1) is 0 Å². The van der Waals surface area contributed by atoms with Crippen molar-refractivity contribution < 1.29 is 0 Å². The van der Waals surface area contributed by atoms with E-state index in [1.807, 2.05) is 0 Å². The summed E-state index contributed by atoms with van der Waals surface area (Å²) in [6, 6.07) is 56.7. The molecule has 0 fully saturated rings. The molecule has 0 saturated heterocycles. The highest BCUT2D eigenvalue weighted by molar-refractivity contribution is 6.14. The van der Waals surface area contributed by atoms with Gasteiger partial charge in [-0.1, -0.05) is 127 Å². The van der Waals surface area contributed by atoms with Crippen LogP contribution in [0.15, 0.2) is 158 Å². The van der Waals surface area contributed by atoms with Gasteiger partial charge < -0.3 is 4.90 Å². The molecule has 40 heavy (non-hydrogen) atoms. The van der Waals surface area contributed by atoms with Gasteiger partial charge in [0.05, 0.1) is 5.69 Å². The molecule has 7 rings (SSSR count). The maximum Gasteiger partial charge on any atom is 0.0540 e. The summed E-state index contributed by atoms with van der Waals surface area (Å²) in [6.07, 6.45) is 0. The average Bonchev–Trinajstić information content (AvgIpc) is 3.03. The molecule has 0 bridgehead atoms. The number of nitrogens with zero attached hydrogens (tertiary/aromatic N) is 1. The van der Waals surface area contributed by atoms with Crippen LogP contribution >= 0.6 is 0 Å². The van der Waals surface area contributed by atoms with E-state index in [4.69, 9.17) is 0 Å². The van der Waals surface area contributed by atoms with Gasteiger partial charge >= 0.3 is 0 Å². The molecule has 0 N–H and O–H groups in total. The zero-order chi connectivity index (χ0) is 26.9. The molecule has 7 aromatic carbocycles. The maximum atomic E-state index is 2.39. The van der Waals surface area contributed by atoms with Crippen molar-refractivity contribution in [1.82, 2.24) is 0 Å². The second-order valence-corrected chi connectivity index (χ2v) is 10.3. The van der Waals surface area contributed by atoms with E-state index < -0.39 is 0 Å². The molecule has 190 valence electrons. The third-order valence-electron chi connectivity index (χ3n) is 7.80.